The van der Waals surface area contributed by atoms with Crippen LogP contribution in [0.3, 0.4) is 0 Å². The number of carbonyl (C=O) groups is 2. The fourth-order valence-corrected chi connectivity index (χ4v) is 10.2. The number of anilines is 4. The molecule has 0 saturated carbocycles. The Labute approximate surface area is 422 Å². The summed E-state index contributed by atoms with van der Waals surface area (Å²) in [5, 5.41) is 0. The van der Waals surface area contributed by atoms with Gasteiger partial charge in [-0.25, -0.2) is 9.97 Å². The summed E-state index contributed by atoms with van der Waals surface area (Å²) in [6.07, 6.45) is 3.68. The number of carbonyl (C=O) groups excluding carboxylic acids is 2. The number of aromatic nitrogens is 2. The van der Waals surface area contributed by atoms with Crippen LogP contribution < -0.4 is 9.80 Å². The molecule has 9 aromatic rings. The summed E-state index contributed by atoms with van der Waals surface area (Å²) >= 11 is 0. The van der Waals surface area contributed by atoms with Gasteiger partial charge in [0.1, 0.15) is 5.82 Å². The van der Waals surface area contributed by atoms with Gasteiger partial charge in [0.25, 0.3) is 0 Å². The number of para-hydroxylation sites is 3. The maximum absolute atomic E-state index is 14.3. The van der Waals surface area contributed by atoms with E-state index in [1.165, 1.54) is 0 Å². The Kier molecular flexibility index (Phi) is 11.7. The van der Waals surface area contributed by atoms with E-state index >= 15 is 0 Å². The van der Waals surface area contributed by atoms with Gasteiger partial charge in [0.05, 0.1) is 28.0 Å². The first kappa shape index (κ1) is 45.9. The van der Waals surface area contributed by atoms with E-state index in [1.807, 2.05) is 54.6 Å². The van der Waals surface area contributed by atoms with Crippen LogP contribution >= 0.6 is 0 Å². The summed E-state index contributed by atoms with van der Waals surface area (Å²) in [6, 6.07) is 65.0. The van der Waals surface area contributed by atoms with E-state index in [0.717, 1.165) is 83.6 Å². The van der Waals surface area contributed by atoms with Crippen LogP contribution in [0.4, 0.5) is 23.0 Å². The molecule has 1 aliphatic heterocycles. The van der Waals surface area contributed by atoms with Crippen molar-refractivity contribution in [3.63, 3.8) is 0 Å². The van der Waals surface area contributed by atoms with Gasteiger partial charge in [0.2, 0.25) is 0 Å². The van der Waals surface area contributed by atoms with Crippen molar-refractivity contribution in [3.05, 3.63) is 239 Å². The molecule has 2 aliphatic rings. The molecule has 0 atom stereocenters. The number of hydrogen-bond acceptors (Lipinski definition) is 6. The van der Waals surface area contributed by atoms with Crippen molar-refractivity contribution in [3.8, 4) is 44.5 Å². The first-order valence-corrected chi connectivity index (χ1v) is 25.0. The largest absolute Gasteiger partial charge is 0.288 e. The number of hydrogen-bond donors (Lipinski definition) is 0. The van der Waals surface area contributed by atoms with Gasteiger partial charge in [-0.3, -0.25) is 19.4 Å². The van der Waals surface area contributed by atoms with E-state index in [-0.39, 0.29) is 34.4 Å². The molecule has 352 valence electrons. The molecule has 0 radical (unpaired) electrons. The Bertz CT molecular complexity index is 3470. The minimum Gasteiger partial charge on any atom is -0.288 e. The molecule has 11 rings (SSSR count). The van der Waals surface area contributed by atoms with Gasteiger partial charge in [-0.15, -0.1) is 0 Å². The van der Waals surface area contributed by atoms with Crippen LogP contribution in [-0.2, 0) is 5.41 Å². The van der Waals surface area contributed by atoms with Crippen molar-refractivity contribution < 1.29 is 9.59 Å². The van der Waals surface area contributed by atoms with Gasteiger partial charge in [0.15, 0.2) is 23.2 Å². The first-order chi connectivity index (χ1) is 34.9. The summed E-state index contributed by atoms with van der Waals surface area (Å²) in [5.74, 6) is 1.64. The summed E-state index contributed by atoms with van der Waals surface area (Å²) < 4.78 is 0. The highest BCUT2D eigenvalue weighted by Gasteiger charge is 2.42. The number of ketones is 2. The highest BCUT2D eigenvalue weighted by molar-refractivity contribution is 6.39. The van der Waals surface area contributed by atoms with Crippen molar-refractivity contribution in [2.45, 2.75) is 65.7 Å². The van der Waals surface area contributed by atoms with Crippen LogP contribution in [0, 0.1) is 0 Å². The number of benzene rings is 8. The van der Waals surface area contributed by atoms with E-state index in [2.05, 4.69) is 186 Å². The summed E-state index contributed by atoms with van der Waals surface area (Å²) in [4.78, 5) is 44.2. The molecule has 0 bridgehead atoms. The summed E-state index contributed by atoms with van der Waals surface area (Å²) in [6.45, 7) is 15.7. The molecular formula is C66H56N4O2. The predicted molar refractivity (Wildman–Crippen MR) is 297 cm³/mol. The lowest BCUT2D eigenvalue weighted by atomic mass is 9.81. The molecule has 0 amide bonds. The maximum Gasteiger partial charge on any atom is 0.197 e. The Morgan fingerprint density at radius 2 is 0.806 bits per heavy atom. The number of nitrogens with zero attached hydrogens (tertiary/aromatic N) is 4. The highest BCUT2D eigenvalue weighted by Crippen LogP contribution is 2.56. The molecule has 1 aliphatic carbocycles. The zero-order chi connectivity index (χ0) is 49.8. The minimum absolute atomic E-state index is 0.114. The van der Waals surface area contributed by atoms with E-state index in [1.54, 1.807) is 18.2 Å². The van der Waals surface area contributed by atoms with Crippen molar-refractivity contribution in [2.24, 2.45) is 0 Å². The van der Waals surface area contributed by atoms with Crippen LogP contribution in [0.15, 0.2) is 212 Å². The molecule has 0 spiro atoms. The van der Waals surface area contributed by atoms with E-state index < -0.39 is 0 Å². The Hall–Kier alpha value is -8.48. The van der Waals surface area contributed by atoms with Crippen LogP contribution in [0.2, 0.25) is 0 Å². The van der Waals surface area contributed by atoms with Crippen LogP contribution in [-0.4, -0.2) is 21.5 Å². The van der Waals surface area contributed by atoms with Gasteiger partial charge in [0, 0.05) is 22.3 Å². The third-order valence-electron chi connectivity index (χ3n) is 14.1. The second-order valence-electron chi connectivity index (χ2n) is 20.5. The predicted octanol–water partition coefficient (Wildman–Crippen LogP) is 17.0. The minimum atomic E-state index is -0.290. The lowest BCUT2D eigenvalue weighted by molar-refractivity contribution is 0.0988. The van der Waals surface area contributed by atoms with Crippen LogP contribution in [0.25, 0.3) is 55.5 Å². The number of rotatable bonds is 9. The van der Waals surface area contributed by atoms with Gasteiger partial charge in [-0.05, 0) is 104 Å². The maximum atomic E-state index is 14.3. The van der Waals surface area contributed by atoms with E-state index in [9.17, 15) is 9.59 Å². The number of Topliss-reactive ketones (excluding diaryl/α,β-unsaturated/α-hetero) is 2. The second kappa shape index (κ2) is 18.4. The van der Waals surface area contributed by atoms with Crippen molar-refractivity contribution in [2.75, 3.05) is 9.80 Å². The van der Waals surface area contributed by atoms with Crippen LogP contribution in [0.5, 0.6) is 0 Å². The summed E-state index contributed by atoms with van der Waals surface area (Å²) in [7, 11) is 0. The van der Waals surface area contributed by atoms with Crippen molar-refractivity contribution in [1.82, 2.24) is 9.97 Å². The molecule has 72 heavy (non-hydrogen) atoms. The van der Waals surface area contributed by atoms with Crippen LogP contribution in [0.1, 0.15) is 97.7 Å². The monoisotopic (exact) mass is 936 g/mol. The normalized spacial score (nSPS) is 14.0. The fourth-order valence-electron chi connectivity index (χ4n) is 10.2. The molecule has 0 fully saturated rings. The smallest absolute Gasteiger partial charge is 0.197 e. The Morgan fingerprint density at radius 3 is 1.24 bits per heavy atom. The fraction of sp³-hybridized carbons (Fsp3) is 0.152. The second-order valence-corrected chi connectivity index (χ2v) is 20.5. The molecule has 6 nitrogen and oxygen atoms in total. The van der Waals surface area contributed by atoms with Crippen molar-refractivity contribution >= 4 is 45.6 Å². The first-order valence-electron chi connectivity index (χ1n) is 25.0. The lowest BCUT2D eigenvalue weighted by Crippen LogP contribution is -2.25. The molecule has 0 N–H and O–H groups in total. The molecule has 0 unspecified atom stereocenters. The van der Waals surface area contributed by atoms with E-state index in [4.69, 9.17) is 9.97 Å². The highest BCUT2D eigenvalue weighted by atomic mass is 16.2. The molecule has 1 aromatic heterocycles. The summed E-state index contributed by atoms with van der Waals surface area (Å²) in [5.41, 5.74) is 16.1. The van der Waals surface area contributed by atoms with Gasteiger partial charge in [-0.1, -0.05) is 212 Å². The molecule has 6 heteroatoms. The van der Waals surface area contributed by atoms with Gasteiger partial charge >= 0.3 is 0 Å². The van der Waals surface area contributed by atoms with Crippen molar-refractivity contribution in [1.29, 1.82) is 0 Å². The molecule has 2 heterocycles. The molecule has 8 aromatic carbocycles. The third kappa shape index (κ3) is 8.13. The average molecular weight is 937 g/mol. The van der Waals surface area contributed by atoms with Gasteiger partial charge < -0.3 is 0 Å². The Balaban J connectivity index is 1.27. The third-order valence-corrected chi connectivity index (χ3v) is 14.1. The Morgan fingerprint density at radius 1 is 0.417 bits per heavy atom. The molecule has 0 saturated heterocycles. The topological polar surface area (TPSA) is 66.4 Å². The van der Waals surface area contributed by atoms with E-state index in [0.29, 0.717) is 28.6 Å². The van der Waals surface area contributed by atoms with Gasteiger partial charge in [-0.2, -0.15) is 0 Å². The zero-order valence-corrected chi connectivity index (χ0v) is 41.8. The molecular weight excluding hydrogens is 881 g/mol. The number of fused-ring (bicyclic) bond motifs is 3. The SMILES string of the molecule is CC(C)c1cccc(C(C)C)c1N1/C(=C\C=C2C(=O)c3ccccc3C2=O)N(c2c(-c3ccc(-c4ccccc4)cc3)cc(C(C)(C)C)cc2-c2ccc(-c3ccccc3)cc2)c2nc3ccccc3nc21. The number of allylic oxidation sites excluding steroid dienone is 3. The quantitative estimate of drug-likeness (QED) is 0.106. The standard InChI is InChI=1S/C66H56N4O2/c1-41(2)50-25-18-26-51(42(3)4)60(50)69-59(38-37-54-62(71)52-23-14-15-24-53(52)63(54)72)70(65-64(69)67-57-27-16-17-28-58(57)68-65)61-55(47-33-29-45(30-34-47)43-19-10-8-11-20-43)39-49(66(5,6)7)40-56(61)48-35-31-46(32-36-48)44-21-12-9-13-22-44/h8-42H,1-7H3/b59-38+. The average Bonchev–Trinajstić information content (AvgIpc) is 3.84. The zero-order valence-electron chi connectivity index (χ0n) is 41.8. The lowest BCUT2D eigenvalue weighted by Gasteiger charge is -2.33.